The molecule has 0 aliphatic carbocycles. The van der Waals surface area contributed by atoms with E-state index in [1.165, 1.54) is 42.7 Å². The van der Waals surface area contributed by atoms with Gasteiger partial charge >= 0.3 is 0 Å². The van der Waals surface area contributed by atoms with E-state index in [2.05, 4.69) is 189 Å². The van der Waals surface area contributed by atoms with Gasteiger partial charge in [-0.3, -0.25) is 0 Å². The summed E-state index contributed by atoms with van der Waals surface area (Å²) in [6.07, 6.45) is 0. The second kappa shape index (κ2) is 14.3. The lowest BCUT2D eigenvalue weighted by atomic mass is 9.73. The van der Waals surface area contributed by atoms with Crippen LogP contribution in [-0.4, -0.2) is 15.0 Å². The molecule has 0 unspecified atom stereocenters. The van der Waals surface area contributed by atoms with Gasteiger partial charge in [0.2, 0.25) is 0 Å². The first kappa shape index (κ1) is 35.9. The van der Waals surface area contributed by atoms with Crippen molar-refractivity contribution in [2.45, 2.75) is 26.2 Å². The van der Waals surface area contributed by atoms with Crippen LogP contribution in [0.1, 0.15) is 30.5 Å². The van der Waals surface area contributed by atoms with Crippen molar-refractivity contribution in [1.29, 1.82) is 0 Å². The summed E-state index contributed by atoms with van der Waals surface area (Å²) in [4.78, 5) is 17.9. The standard InChI is InChI=1S/C55H40N4S/c1-35-16-10-11-21-43(35)54-57-52(36-17-6-4-7-18-36)56-53(58-54)41-31-39(37-27-29-51-45(33-37)44-22-12-15-25-50(44)60-51)30-40(32-41)38-26-28-49-47(34-38)55(2,3)46-23-13-14-24-48(46)59(49)42-19-8-5-9-20-42/h4-34H,1-3H3. The van der Waals surface area contributed by atoms with Crippen molar-refractivity contribution in [3.63, 3.8) is 0 Å². The van der Waals surface area contributed by atoms with E-state index in [1.54, 1.807) is 0 Å². The molecule has 5 heteroatoms. The zero-order valence-electron chi connectivity index (χ0n) is 33.6. The predicted molar refractivity (Wildman–Crippen MR) is 251 cm³/mol. The highest BCUT2D eigenvalue weighted by molar-refractivity contribution is 7.25. The number of hydrogen-bond acceptors (Lipinski definition) is 5. The summed E-state index contributed by atoms with van der Waals surface area (Å²) >= 11 is 1.84. The maximum Gasteiger partial charge on any atom is 0.164 e. The van der Waals surface area contributed by atoms with Gasteiger partial charge in [0.05, 0.1) is 11.4 Å². The molecule has 1 aliphatic rings. The molecule has 11 rings (SSSR count). The van der Waals surface area contributed by atoms with Crippen LogP contribution in [0.25, 0.3) is 76.6 Å². The molecule has 0 amide bonds. The first-order chi connectivity index (χ1) is 29.4. The zero-order valence-corrected chi connectivity index (χ0v) is 34.4. The van der Waals surface area contributed by atoms with Crippen LogP contribution in [0.5, 0.6) is 0 Å². The number of thiophene rings is 1. The fourth-order valence-electron chi connectivity index (χ4n) is 8.90. The van der Waals surface area contributed by atoms with E-state index in [9.17, 15) is 0 Å². The van der Waals surface area contributed by atoms with Crippen molar-refractivity contribution in [3.05, 3.63) is 205 Å². The van der Waals surface area contributed by atoms with E-state index >= 15 is 0 Å². The number of aromatic nitrogens is 3. The molecule has 0 spiro atoms. The Morgan fingerprint density at radius 1 is 0.417 bits per heavy atom. The van der Waals surface area contributed by atoms with Gasteiger partial charge in [-0.2, -0.15) is 0 Å². The molecular weight excluding hydrogens is 749 g/mol. The number of nitrogens with zero attached hydrogens (tertiary/aromatic N) is 4. The van der Waals surface area contributed by atoms with Gasteiger partial charge in [0.15, 0.2) is 17.5 Å². The maximum absolute atomic E-state index is 5.25. The first-order valence-electron chi connectivity index (χ1n) is 20.4. The molecule has 4 nitrogen and oxygen atoms in total. The van der Waals surface area contributed by atoms with E-state index in [0.29, 0.717) is 17.5 Å². The van der Waals surface area contributed by atoms with E-state index < -0.39 is 0 Å². The van der Waals surface area contributed by atoms with Gasteiger partial charge in [-0.25, -0.2) is 15.0 Å². The summed E-state index contributed by atoms with van der Waals surface area (Å²) in [6, 6.07) is 67.4. The van der Waals surface area contributed by atoms with Crippen molar-refractivity contribution in [3.8, 4) is 56.4 Å². The minimum absolute atomic E-state index is 0.250. The van der Waals surface area contributed by atoms with Crippen molar-refractivity contribution < 1.29 is 0 Å². The van der Waals surface area contributed by atoms with Gasteiger partial charge in [-0.05, 0) is 113 Å². The molecule has 8 aromatic carbocycles. The molecule has 0 saturated heterocycles. The van der Waals surface area contributed by atoms with Crippen LogP contribution in [0.3, 0.4) is 0 Å². The van der Waals surface area contributed by atoms with Crippen LogP contribution < -0.4 is 4.90 Å². The molecule has 0 atom stereocenters. The number of benzene rings is 8. The summed E-state index contributed by atoms with van der Waals surface area (Å²) in [5, 5.41) is 2.55. The monoisotopic (exact) mass is 788 g/mol. The van der Waals surface area contributed by atoms with Gasteiger partial charge in [0, 0.05) is 48.0 Å². The highest BCUT2D eigenvalue weighted by atomic mass is 32.1. The summed E-state index contributed by atoms with van der Waals surface area (Å²) in [5.74, 6) is 1.94. The topological polar surface area (TPSA) is 41.9 Å². The first-order valence-corrected chi connectivity index (χ1v) is 21.2. The normalized spacial score (nSPS) is 13.0. The number of anilines is 3. The lowest BCUT2D eigenvalue weighted by Gasteiger charge is -2.42. The van der Waals surface area contributed by atoms with Gasteiger partial charge in [-0.1, -0.05) is 135 Å². The predicted octanol–water partition coefficient (Wildman–Crippen LogP) is 15.0. The van der Waals surface area contributed by atoms with Crippen LogP contribution in [0.2, 0.25) is 0 Å². The fraction of sp³-hybridized carbons (Fsp3) is 0.0727. The molecule has 0 N–H and O–H groups in total. The number of fused-ring (bicyclic) bond motifs is 5. The Morgan fingerprint density at radius 2 is 1.00 bits per heavy atom. The van der Waals surface area contributed by atoms with Crippen molar-refractivity contribution in [2.75, 3.05) is 4.90 Å². The zero-order chi connectivity index (χ0) is 40.4. The molecule has 0 radical (unpaired) electrons. The van der Waals surface area contributed by atoms with Crippen molar-refractivity contribution in [2.24, 2.45) is 0 Å². The van der Waals surface area contributed by atoms with Crippen molar-refractivity contribution in [1.82, 2.24) is 15.0 Å². The quantitative estimate of drug-likeness (QED) is 0.168. The Morgan fingerprint density at radius 3 is 1.80 bits per heavy atom. The largest absolute Gasteiger partial charge is 0.310 e. The van der Waals surface area contributed by atoms with Crippen LogP contribution in [0, 0.1) is 6.92 Å². The fourth-order valence-corrected chi connectivity index (χ4v) is 9.99. The van der Waals surface area contributed by atoms with E-state index in [0.717, 1.165) is 50.2 Å². The SMILES string of the molecule is Cc1ccccc1-c1nc(-c2ccccc2)nc(-c2cc(-c3ccc4c(c3)C(C)(C)c3ccccc3N4c3ccccc3)cc(-c3ccc4sc5ccccc5c4c3)c2)n1. The number of hydrogen-bond donors (Lipinski definition) is 0. The third-order valence-electron chi connectivity index (χ3n) is 12.0. The number of para-hydroxylation sites is 2. The minimum atomic E-state index is -0.250. The second-order valence-corrected chi connectivity index (χ2v) is 17.2. The Kier molecular flexibility index (Phi) is 8.54. The molecule has 60 heavy (non-hydrogen) atoms. The third-order valence-corrected chi connectivity index (χ3v) is 13.2. The Labute approximate surface area is 354 Å². The van der Waals surface area contributed by atoms with Crippen molar-refractivity contribution >= 4 is 48.6 Å². The number of aryl methyl sites for hydroxylation is 1. The number of rotatable bonds is 6. The third kappa shape index (κ3) is 6.09. The van der Waals surface area contributed by atoms with E-state index in [-0.39, 0.29) is 5.41 Å². The Balaban J connectivity index is 1.14. The van der Waals surface area contributed by atoms with Gasteiger partial charge < -0.3 is 4.90 Å². The minimum Gasteiger partial charge on any atom is -0.310 e. The molecule has 2 aromatic heterocycles. The molecule has 3 heterocycles. The molecule has 0 saturated carbocycles. The summed E-state index contributed by atoms with van der Waals surface area (Å²) in [6.45, 7) is 6.81. The smallest absolute Gasteiger partial charge is 0.164 e. The second-order valence-electron chi connectivity index (χ2n) is 16.1. The molecular formula is C55H40N4S. The molecule has 10 aromatic rings. The van der Waals surface area contributed by atoms with Gasteiger partial charge in [0.25, 0.3) is 0 Å². The summed E-state index contributed by atoms with van der Waals surface area (Å²) in [5.41, 5.74) is 14.3. The molecule has 0 bridgehead atoms. The van der Waals surface area contributed by atoms with Gasteiger partial charge in [0.1, 0.15) is 0 Å². The highest BCUT2D eigenvalue weighted by Gasteiger charge is 2.37. The van der Waals surface area contributed by atoms with Crippen LogP contribution in [0.4, 0.5) is 17.1 Å². The molecule has 286 valence electrons. The van der Waals surface area contributed by atoms with E-state index in [1.807, 2.05) is 35.6 Å². The summed E-state index contributed by atoms with van der Waals surface area (Å²) < 4.78 is 2.58. The molecule has 1 aliphatic heterocycles. The lowest BCUT2D eigenvalue weighted by molar-refractivity contribution is 0.632. The van der Waals surface area contributed by atoms with E-state index in [4.69, 9.17) is 15.0 Å². The van der Waals surface area contributed by atoms with Gasteiger partial charge in [-0.15, -0.1) is 11.3 Å². The summed E-state index contributed by atoms with van der Waals surface area (Å²) in [7, 11) is 0. The average molecular weight is 789 g/mol. The maximum atomic E-state index is 5.25. The van der Waals surface area contributed by atoms with Crippen LogP contribution in [-0.2, 0) is 5.41 Å². The van der Waals surface area contributed by atoms with Crippen LogP contribution in [0.15, 0.2) is 188 Å². The Bertz CT molecular complexity index is 3260. The van der Waals surface area contributed by atoms with Crippen LogP contribution >= 0.6 is 11.3 Å². The molecule has 0 fully saturated rings. The lowest BCUT2D eigenvalue weighted by Crippen LogP contribution is -2.30. The highest BCUT2D eigenvalue weighted by Crippen LogP contribution is 2.52. The average Bonchev–Trinajstić information content (AvgIpc) is 3.68. The Hall–Kier alpha value is -7.21.